The summed E-state index contributed by atoms with van der Waals surface area (Å²) in [6.45, 7) is 4.09. The third kappa shape index (κ3) is 3.87. The number of benzene rings is 1. The van der Waals surface area contributed by atoms with Gasteiger partial charge in [-0.1, -0.05) is 25.5 Å². The van der Waals surface area contributed by atoms with Gasteiger partial charge in [-0.2, -0.15) is 5.10 Å². The predicted molar refractivity (Wildman–Crippen MR) is 90.6 cm³/mol. The molecular formula is C18H21FN4O2. The molecule has 2 heterocycles. The van der Waals surface area contributed by atoms with E-state index in [4.69, 9.17) is 0 Å². The van der Waals surface area contributed by atoms with Crippen LogP contribution in [0.3, 0.4) is 0 Å². The number of halogens is 1. The fourth-order valence-corrected chi connectivity index (χ4v) is 2.78. The van der Waals surface area contributed by atoms with E-state index in [1.54, 1.807) is 27.8 Å². The van der Waals surface area contributed by atoms with Crippen molar-refractivity contribution >= 4 is 11.8 Å². The molecule has 0 unspecified atom stereocenters. The number of fused-ring (bicyclic) bond motifs is 1. The van der Waals surface area contributed by atoms with Crippen molar-refractivity contribution in [2.75, 3.05) is 13.1 Å². The Hall–Kier alpha value is -2.70. The number of nitrogens with one attached hydrogen (secondary N) is 1. The molecule has 0 saturated carbocycles. The highest BCUT2D eigenvalue weighted by Gasteiger charge is 2.27. The van der Waals surface area contributed by atoms with Gasteiger partial charge in [0.25, 0.3) is 11.8 Å². The molecular weight excluding hydrogens is 323 g/mol. The molecule has 3 rings (SSSR count). The molecule has 6 nitrogen and oxygen atoms in total. The van der Waals surface area contributed by atoms with Crippen molar-refractivity contribution in [1.82, 2.24) is 20.0 Å². The van der Waals surface area contributed by atoms with Crippen molar-refractivity contribution in [1.29, 1.82) is 0 Å². The smallest absolute Gasteiger partial charge is 0.272 e. The predicted octanol–water partition coefficient (Wildman–Crippen LogP) is 2.21. The first kappa shape index (κ1) is 17.1. The van der Waals surface area contributed by atoms with Gasteiger partial charge in [0, 0.05) is 25.7 Å². The molecule has 0 radical (unpaired) electrons. The van der Waals surface area contributed by atoms with Gasteiger partial charge in [-0.3, -0.25) is 14.3 Å². The lowest BCUT2D eigenvalue weighted by Gasteiger charge is -2.27. The van der Waals surface area contributed by atoms with Crippen LogP contribution in [0.4, 0.5) is 4.39 Å². The number of carbonyl (C=O) groups is 2. The summed E-state index contributed by atoms with van der Waals surface area (Å²) in [5.41, 5.74) is 1.54. The quantitative estimate of drug-likeness (QED) is 0.817. The fourth-order valence-electron chi connectivity index (χ4n) is 2.78. The topological polar surface area (TPSA) is 67.2 Å². The van der Waals surface area contributed by atoms with E-state index in [1.807, 2.05) is 0 Å². The average molecular weight is 344 g/mol. The molecule has 2 amide bonds. The summed E-state index contributed by atoms with van der Waals surface area (Å²) in [4.78, 5) is 26.4. The van der Waals surface area contributed by atoms with Gasteiger partial charge in [0.05, 0.1) is 6.54 Å². The number of unbranched alkanes of at least 4 members (excludes halogenated alkanes) is 1. The average Bonchev–Trinajstić information content (AvgIpc) is 3.05. The van der Waals surface area contributed by atoms with Crippen molar-refractivity contribution < 1.29 is 14.0 Å². The Morgan fingerprint density at radius 3 is 2.76 bits per heavy atom. The second-order valence-corrected chi connectivity index (χ2v) is 6.10. The highest BCUT2D eigenvalue weighted by atomic mass is 19.1. The minimum Gasteiger partial charge on any atom is -0.351 e. The maximum atomic E-state index is 13.0. The highest BCUT2D eigenvalue weighted by molar-refractivity contribution is 5.98. The van der Waals surface area contributed by atoms with E-state index in [9.17, 15) is 14.0 Å². The Labute approximate surface area is 145 Å². The standard InChI is InChI=1S/C18H21FN4O2/c1-2-3-8-20-17(24)15-11-16-18(25)22(9-10-23(16)21-15)12-13-4-6-14(19)7-5-13/h4-7,11H,2-3,8-10,12H2,1H3,(H,20,24). The number of hydrogen-bond acceptors (Lipinski definition) is 3. The first-order valence-electron chi connectivity index (χ1n) is 8.48. The Morgan fingerprint density at radius 2 is 2.04 bits per heavy atom. The van der Waals surface area contributed by atoms with Crippen LogP contribution in [-0.2, 0) is 13.1 Å². The molecule has 1 aromatic heterocycles. The second-order valence-electron chi connectivity index (χ2n) is 6.10. The van der Waals surface area contributed by atoms with Gasteiger partial charge in [-0.25, -0.2) is 4.39 Å². The monoisotopic (exact) mass is 344 g/mol. The second kappa shape index (κ2) is 7.46. The van der Waals surface area contributed by atoms with Crippen LogP contribution in [0.2, 0.25) is 0 Å². The molecule has 25 heavy (non-hydrogen) atoms. The molecule has 0 aliphatic carbocycles. The van der Waals surface area contributed by atoms with Gasteiger partial charge < -0.3 is 10.2 Å². The van der Waals surface area contributed by atoms with E-state index >= 15 is 0 Å². The summed E-state index contributed by atoms with van der Waals surface area (Å²) in [6, 6.07) is 7.64. The van der Waals surface area contributed by atoms with E-state index in [1.165, 1.54) is 12.1 Å². The summed E-state index contributed by atoms with van der Waals surface area (Å²) in [5.74, 6) is -0.727. The molecule has 2 aromatic rings. The van der Waals surface area contributed by atoms with Crippen molar-refractivity contribution in [2.24, 2.45) is 0 Å². The Morgan fingerprint density at radius 1 is 1.28 bits per heavy atom. The Bertz CT molecular complexity index is 770. The zero-order valence-electron chi connectivity index (χ0n) is 14.2. The Balaban J connectivity index is 1.69. The maximum Gasteiger partial charge on any atom is 0.272 e. The lowest BCUT2D eigenvalue weighted by atomic mass is 10.2. The van der Waals surface area contributed by atoms with Crippen LogP contribution in [0.1, 0.15) is 46.3 Å². The van der Waals surface area contributed by atoms with Gasteiger partial charge in [0.15, 0.2) is 5.69 Å². The molecule has 0 saturated heterocycles. The number of aromatic nitrogens is 2. The summed E-state index contributed by atoms with van der Waals surface area (Å²) in [6.07, 6.45) is 1.90. The lowest BCUT2D eigenvalue weighted by Crippen LogP contribution is -2.39. The van der Waals surface area contributed by atoms with Crippen molar-refractivity contribution in [3.63, 3.8) is 0 Å². The number of amides is 2. The van der Waals surface area contributed by atoms with E-state index in [0.29, 0.717) is 31.9 Å². The van der Waals surface area contributed by atoms with Crippen LogP contribution in [0.15, 0.2) is 30.3 Å². The number of rotatable bonds is 6. The normalized spacial score (nSPS) is 13.7. The van der Waals surface area contributed by atoms with Gasteiger partial charge in [-0.05, 0) is 24.1 Å². The molecule has 1 aromatic carbocycles. The molecule has 0 atom stereocenters. The largest absolute Gasteiger partial charge is 0.351 e. The van der Waals surface area contributed by atoms with Crippen LogP contribution in [0.5, 0.6) is 0 Å². The van der Waals surface area contributed by atoms with Crippen molar-refractivity contribution in [3.05, 3.63) is 53.1 Å². The van der Waals surface area contributed by atoms with Crippen molar-refractivity contribution in [3.8, 4) is 0 Å². The van der Waals surface area contributed by atoms with Crippen LogP contribution in [0.25, 0.3) is 0 Å². The number of nitrogens with zero attached hydrogens (tertiary/aromatic N) is 3. The van der Waals surface area contributed by atoms with Crippen LogP contribution in [0, 0.1) is 5.82 Å². The summed E-state index contributed by atoms with van der Waals surface area (Å²) in [5, 5.41) is 7.05. The van der Waals surface area contributed by atoms with E-state index in [2.05, 4.69) is 17.3 Å². The molecule has 0 bridgehead atoms. The van der Waals surface area contributed by atoms with Crippen molar-refractivity contribution in [2.45, 2.75) is 32.9 Å². The zero-order valence-corrected chi connectivity index (χ0v) is 14.2. The minimum atomic E-state index is -0.300. The third-order valence-corrected chi connectivity index (χ3v) is 4.20. The summed E-state index contributed by atoms with van der Waals surface area (Å²) < 4.78 is 14.6. The molecule has 1 aliphatic rings. The van der Waals surface area contributed by atoms with Gasteiger partial charge >= 0.3 is 0 Å². The fraction of sp³-hybridized carbons (Fsp3) is 0.389. The molecule has 132 valence electrons. The first-order valence-corrected chi connectivity index (χ1v) is 8.48. The third-order valence-electron chi connectivity index (χ3n) is 4.20. The molecule has 7 heteroatoms. The van der Waals surface area contributed by atoms with Gasteiger partial charge in [-0.15, -0.1) is 0 Å². The molecule has 0 fully saturated rings. The number of hydrogen-bond donors (Lipinski definition) is 1. The van der Waals surface area contributed by atoms with E-state index < -0.39 is 0 Å². The SMILES string of the molecule is CCCCNC(=O)c1cc2n(n1)CCN(Cc1ccc(F)cc1)C2=O. The molecule has 1 N–H and O–H groups in total. The summed E-state index contributed by atoms with van der Waals surface area (Å²) >= 11 is 0. The van der Waals surface area contributed by atoms with Crippen LogP contribution in [-0.4, -0.2) is 39.6 Å². The molecule has 0 spiro atoms. The minimum absolute atomic E-state index is 0.171. The van der Waals surface area contributed by atoms with Gasteiger partial charge in [0.2, 0.25) is 0 Å². The van der Waals surface area contributed by atoms with Crippen LogP contribution >= 0.6 is 0 Å². The van der Waals surface area contributed by atoms with E-state index in [-0.39, 0.29) is 23.3 Å². The highest BCUT2D eigenvalue weighted by Crippen LogP contribution is 2.17. The lowest BCUT2D eigenvalue weighted by molar-refractivity contribution is 0.0683. The van der Waals surface area contributed by atoms with E-state index in [0.717, 1.165) is 18.4 Å². The first-order chi connectivity index (χ1) is 12.1. The Kier molecular flexibility index (Phi) is 5.11. The zero-order chi connectivity index (χ0) is 17.8. The van der Waals surface area contributed by atoms with Gasteiger partial charge in [0.1, 0.15) is 11.5 Å². The van der Waals surface area contributed by atoms with Crippen LogP contribution < -0.4 is 5.32 Å². The number of carbonyl (C=O) groups excluding carboxylic acids is 2. The maximum absolute atomic E-state index is 13.0. The molecule has 1 aliphatic heterocycles. The summed E-state index contributed by atoms with van der Waals surface area (Å²) in [7, 11) is 0.